The average molecular weight is 424 g/mol. The van der Waals surface area contributed by atoms with Crippen molar-refractivity contribution in [1.82, 2.24) is 14.9 Å². The predicted octanol–water partition coefficient (Wildman–Crippen LogP) is 3.52. The van der Waals surface area contributed by atoms with Crippen molar-refractivity contribution in [3.63, 3.8) is 0 Å². The van der Waals surface area contributed by atoms with E-state index in [1.54, 1.807) is 36.4 Å². The summed E-state index contributed by atoms with van der Waals surface area (Å²) in [5.74, 6) is -0.697. The molecule has 3 aromatic rings. The maximum Gasteiger partial charge on any atom is 0.339 e. The Bertz CT molecular complexity index is 1130. The number of para-hydroxylation sites is 1. The Morgan fingerprint density at radius 3 is 2.77 bits per heavy atom. The van der Waals surface area contributed by atoms with Gasteiger partial charge in [0, 0.05) is 30.3 Å². The number of nitrogens with one attached hydrogen (secondary N) is 2. The van der Waals surface area contributed by atoms with Crippen LogP contribution in [0, 0.1) is 5.82 Å². The van der Waals surface area contributed by atoms with E-state index >= 15 is 0 Å². The predicted molar refractivity (Wildman–Crippen MR) is 111 cm³/mol. The second-order valence-corrected chi connectivity index (χ2v) is 6.97. The summed E-state index contributed by atoms with van der Waals surface area (Å²) in [5, 5.41) is 2.76. The molecule has 1 aliphatic rings. The number of carbonyl (C=O) groups is 2. The molecular formula is C22H21FN4O4. The highest BCUT2D eigenvalue weighted by atomic mass is 19.1. The zero-order valence-electron chi connectivity index (χ0n) is 17.0. The molecular weight excluding hydrogens is 403 g/mol. The number of amides is 2. The van der Waals surface area contributed by atoms with E-state index in [1.165, 1.54) is 31.5 Å². The molecule has 4 rings (SSSR count). The van der Waals surface area contributed by atoms with Crippen LogP contribution in [0.2, 0.25) is 0 Å². The molecule has 2 heterocycles. The fourth-order valence-corrected chi connectivity index (χ4v) is 3.73. The largest absolute Gasteiger partial charge is 0.497 e. The van der Waals surface area contributed by atoms with Crippen molar-refractivity contribution in [1.29, 1.82) is 0 Å². The lowest BCUT2D eigenvalue weighted by atomic mass is 9.95. The molecule has 1 atom stereocenters. The van der Waals surface area contributed by atoms with Crippen LogP contribution in [0.3, 0.4) is 0 Å². The molecule has 0 bridgehead atoms. The van der Waals surface area contributed by atoms with E-state index in [2.05, 4.69) is 15.3 Å². The summed E-state index contributed by atoms with van der Waals surface area (Å²) in [5.41, 5.74) is 2.25. The number of hydrogen-bond acceptors (Lipinski definition) is 5. The van der Waals surface area contributed by atoms with Crippen LogP contribution in [0.4, 0.5) is 14.9 Å². The molecule has 0 saturated carbocycles. The molecule has 31 heavy (non-hydrogen) atoms. The Balaban J connectivity index is 1.70. The van der Waals surface area contributed by atoms with Crippen LogP contribution in [0.15, 0.2) is 48.8 Å². The fourth-order valence-electron chi connectivity index (χ4n) is 3.73. The van der Waals surface area contributed by atoms with Crippen molar-refractivity contribution in [3.8, 4) is 5.75 Å². The maximum atomic E-state index is 15.0. The molecule has 0 fully saturated rings. The molecule has 2 N–H and O–H groups in total. The molecule has 1 unspecified atom stereocenters. The summed E-state index contributed by atoms with van der Waals surface area (Å²) in [6, 6.07) is 9.82. The minimum atomic E-state index is -0.744. The van der Waals surface area contributed by atoms with Gasteiger partial charge >= 0.3 is 12.0 Å². The third-order valence-corrected chi connectivity index (χ3v) is 5.26. The summed E-state index contributed by atoms with van der Waals surface area (Å²) in [4.78, 5) is 34.2. The zero-order valence-corrected chi connectivity index (χ0v) is 17.0. The van der Waals surface area contributed by atoms with Gasteiger partial charge in [-0.1, -0.05) is 12.1 Å². The third-order valence-electron chi connectivity index (χ3n) is 5.26. The first-order valence-electron chi connectivity index (χ1n) is 9.64. The van der Waals surface area contributed by atoms with Gasteiger partial charge in [-0.3, -0.25) is 0 Å². The number of ether oxygens (including phenoxy) is 2. The number of carbonyl (C=O) groups excluding carboxylic acids is 2. The molecule has 0 saturated heterocycles. The minimum absolute atomic E-state index is 0.225. The lowest BCUT2D eigenvalue weighted by molar-refractivity contribution is 0.0602. The van der Waals surface area contributed by atoms with Crippen LogP contribution >= 0.6 is 0 Å². The van der Waals surface area contributed by atoms with Crippen molar-refractivity contribution in [2.24, 2.45) is 0 Å². The number of anilines is 1. The monoisotopic (exact) mass is 424 g/mol. The highest BCUT2D eigenvalue weighted by molar-refractivity contribution is 6.01. The smallest absolute Gasteiger partial charge is 0.339 e. The molecule has 8 nitrogen and oxygen atoms in total. The Labute approximate surface area is 178 Å². The Kier molecular flexibility index (Phi) is 5.57. The molecule has 1 aliphatic heterocycles. The first-order chi connectivity index (χ1) is 15.0. The number of urea groups is 1. The number of methoxy groups -OCH3 is 2. The molecule has 0 spiro atoms. The number of aromatic amines is 1. The summed E-state index contributed by atoms with van der Waals surface area (Å²) < 4.78 is 24.8. The van der Waals surface area contributed by atoms with E-state index in [4.69, 9.17) is 9.47 Å². The number of imidazole rings is 1. The van der Waals surface area contributed by atoms with Gasteiger partial charge < -0.3 is 24.7 Å². The molecule has 160 valence electrons. The zero-order chi connectivity index (χ0) is 22.0. The summed E-state index contributed by atoms with van der Waals surface area (Å²) in [6.45, 7) is 0.331. The molecule has 0 aliphatic carbocycles. The topological polar surface area (TPSA) is 96.6 Å². The van der Waals surface area contributed by atoms with E-state index in [1.807, 2.05) is 0 Å². The van der Waals surface area contributed by atoms with Gasteiger partial charge in [0.2, 0.25) is 0 Å². The molecule has 2 aromatic carbocycles. The van der Waals surface area contributed by atoms with Crippen molar-refractivity contribution in [3.05, 3.63) is 77.1 Å². The first-order valence-corrected chi connectivity index (χ1v) is 9.64. The summed E-state index contributed by atoms with van der Waals surface area (Å²) >= 11 is 0. The van der Waals surface area contributed by atoms with Gasteiger partial charge in [-0.2, -0.15) is 0 Å². The van der Waals surface area contributed by atoms with Crippen molar-refractivity contribution < 1.29 is 23.5 Å². The number of hydrogen-bond donors (Lipinski definition) is 2. The quantitative estimate of drug-likeness (QED) is 0.625. The number of rotatable bonds is 4. The minimum Gasteiger partial charge on any atom is -0.497 e. The van der Waals surface area contributed by atoms with Gasteiger partial charge in [0.1, 0.15) is 17.6 Å². The molecule has 2 amide bonds. The standard InChI is InChI=1S/C22H21FN4O4/c1-30-13-7-8-14(16(23)11-13)20-19-18(24-12-25-19)9-10-27(20)22(29)26-17-6-4-3-5-15(17)21(28)31-2/h3-8,11-12,20H,9-10H2,1-2H3,(H,24,25)(H,26,29). The maximum absolute atomic E-state index is 15.0. The molecule has 9 heteroatoms. The number of benzene rings is 2. The number of esters is 1. The van der Waals surface area contributed by atoms with E-state index in [0.717, 1.165) is 5.69 Å². The van der Waals surface area contributed by atoms with Crippen LogP contribution in [0.5, 0.6) is 5.75 Å². The van der Waals surface area contributed by atoms with Gasteiger partial charge in [0.15, 0.2) is 0 Å². The van der Waals surface area contributed by atoms with Gasteiger partial charge in [-0.15, -0.1) is 0 Å². The number of nitrogens with zero attached hydrogens (tertiary/aromatic N) is 2. The van der Waals surface area contributed by atoms with Gasteiger partial charge in [-0.05, 0) is 24.3 Å². The van der Waals surface area contributed by atoms with Crippen molar-refractivity contribution in [2.45, 2.75) is 12.5 Å². The second kappa shape index (κ2) is 8.47. The van der Waals surface area contributed by atoms with E-state index < -0.39 is 23.9 Å². The lowest BCUT2D eigenvalue weighted by Crippen LogP contribution is -2.43. The number of halogens is 1. The van der Waals surface area contributed by atoms with Crippen LogP contribution in [0.1, 0.15) is 33.4 Å². The van der Waals surface area contributed by atoms with E-state index in [-0.39, 0.29) is 5.56 Å². The number of H-pyrrole nitrogens is 1. The lowest BCUT2D eigenvalue weighted by Gasteiger charge is -2.35. The van der Waals surface area contributed by atoms with Gasteiger partial charge in [0.25, 0.3) is 0 Å². The van der Waals surface area contributed by atoms with Crippen LogP contribution < -0.4 is 10.1 Å². The van der Waals surface area contributed by atoms with E-state index in [0.29, 0.717) is 35.7 Å². The Morgan fingerprint density at radius 2 is 2.03 bits per heavy atom. The van der Waals surface area contributed by atoms with Gasteiger partial charge in [-0.25, -0.2) is 19.0 Å². The van der Waals surface area contributed by atoms with E-state index in [9.17, 15) is 14.0 Å². The third kappa shape index (κ3) is 3.81. The number of aromatic nitrogens is 2. The summed E-state index contributed by atoms with van der Waals surface area (Å²) in [6.07, 6.45) is 2.07. The fraction of sp³-hybridized carbons (Fsp3) is 0.227. The van der Waals surface area contributed by atoms with Crippen LogP contribution in [-0.2, 0) is 11.2 Å². The SMILES string of the molecule is COC(=O)c1ccccc1NC(=O)N1CCc2[nH]cnc2C1c1ccc(OC)cc1F. The normalized spacial score (nSPS) is 15.2. The Morgan fingerprint density at radius 1 is 1.23 bits per heavy atom. The van der Waals surface area contributed by atoms with Crippen LogP contribution in [-0.4, -0.2) is 47.6 Å². The second-order valence-electron chi connectivity index (χ2n) is 6.97. The first kappa shape index (κ1) is 20.4. The average Bonchev–Trinajstić information content (AvgIpc) is 3.27. The highest BCUT2D eigenvalue weighted by Gasteiger charge is 2.36. The highest BCUT2D eigenvalue weighted by Crippen LogP contribution is 2.36. The van der Waals surface area contributed by atoms with Crippen molar-refractivity contribution in [2.75, 3.05) is 26.1 Å². The summed E-state index contributed by atoms with van der Waals surface area (Å²) in [7, 11) is 2.73. The number of fused-ring (bicyclic) bond motifs is 1. The molecule has 1 aromatic heterocycles. The van der Waals surface area contributed by atoms with Crippen molar-refractivity contribution >= 4 is 17.7 Å². The molecule has 0 radical (unpaired) electrons. The van der Waals surface area contributed by atoms with Crippen LogP contribution in [0.25, 0.3) is 0 Å². The Hall–Kier alpha value is -3.88. The van der Waals surface area contributed by atoms with Gasteiger partial charge in [0.05, 0.1) is 37.5 Å².